The highest BCUT2D eigenvalue weighted by molar-refractivity contribution is 5.71. The second-order valence-electron chi connectivity index (χ2n) is 7.79. The van der Waals surface area contributed by atoms with Crippen LogP contribution in [0.25, 0.3) is 11.3 Å². The van der Waals surface area contributed by atoms with Crippen LogP contribution in [0.5, 0.6) is 0 Å². The molecule has 1 aliphatic carbocycles. The molecule has 1 saturated carbocycles. The highest BCUT2D eigenvalue weighted by Gasteiger charge is 2.33. The molecule has 1 aliphatic rings. The molecule has 2 heterocycles. The summed E-state index contributed by atoms with van der Waals surface area (Å²) in [5, 5.41) is 23.0. The number of carbonyl (C=O) groups is 1. The molecule has 1 fully saturated rings. The van der Waals surface area contributed by atoms with Gasteiger partial charge in [0.1, 0.15) is 17.6 Å². The van der Waals surface area contributed by atoms with Crippen molar-refractivity contribution in [1.29, 1.82) is 0 Å². The number of aromatic nitrogens is 3. The molecule has 0 amide bonds. The Morgan fingerprint density at radius 3 is 2.74 bits per heavy atom. The first-order chi connectivity index (χ1) is 15.0. The lowest BCUT2D eigenvalue weighted by molar-refractivity contribution is -0.145. The topological polar surface area (TPSA) is 127 Å². The Morgan fingerprint density at radius 1 is 1.35 bits per heavy atom. The Labute approximate surface area is 179 Å². The van der Waals surface area contributed by atoms with E-state index in [1.54, 1.807) is 23.9 Å². The summed E-state index contributed by atoms with van der Waals surface area (Å²) < 4.78 is 7.34. The van der Waals surface area contributed by atoms with E-state index in [2.05, 4.69) is 22.0 Å². The zero-order valence-corrected chi connectivity index (χ0v) is 17.1. The van der Waals surface area contributed by atoms with Gasteiger partial charge in [-0.2, -0.15) is 0 Å². The van der Waals surface area contributed by atoms with Crippen molar-refractivity contribution in [1.82, 2.24) is 14.7 Å². The summed E-state index contributed by atoms with van der Waals surface area (Å²) in [6.07, 6.45) is 3.91. The van der Waals surface area contributed by atoms with E-state index in [0.29, 0.717) is 30.1 Å². The van der Waals surface area contributed by atoms with Gasteiger partial charge in [0, 0.05) is 42.0 Å². The van der Waals surface area contributed by atoms with Crippen molar-refractivity contribution in [3.8, 4) is 23.2 Å². The Bertz CT molecular complexity index is 1110. The van der Waals surface area contributed by atoms with Crippen LogP contribution in [0.1, 0.15) is 49.0 Å². The van der Waals surface area contributed by atoms with Gasteiger partial charge in [-0.15, -0.1) is 0 Å². The van der Waals surface area contributed by atoms with Gasteiger partial charge in [0.2, 0.25) is 0 Å². The van der Waals surface area contributed by atoms with Crippen molar-refractivity contribution in [2.75, 3.05) is 6.54 Å². The van der Waals surface area contributed by atoms with Gasteiger partial charge in [-0.3, -0.25) is 4.79 Å². The first kappa shape index (κ1) is 20.8. The van der Waals surface area contributed by atoms with Gasteiger partial charge in [-0.1, -0.05) is 17.0 Å². The number of carboxylic acid groups (broad SMARTS) is 1. The van der Waals surface area contributed by atoms with E-state index in [1.165, 1.54) is 0 Å². The average molecular weight is 420 g/mol. The SMILES string of the molecule is CC(O)c1nccn1C(CN)c1cc(-c2ccc(C#CC3CC(C(=O)O)C3)cc2)on1. The second-order valence-corrected chi connectivity index (χ2v) is 7.79. The van der Waals surface area contributed by atoms with Crippen molar-refractivity contribution in [3.63, 3.8) is 0 Å². The maximum atomic E-state index is 10.9. The Morgan fingerprint density at radius 2 is 2.10 bits per heavy atom. The highest BCUT2D eigenvalue weighted by Crippen LogP contribution is 2.33. The molecule has 4 N–H and O–H groups in total. The lowest BCUT2D eigenvalue weighted by Gasteiger charge is -2.27. The number of benzene rings is 1. The van der Waals surface area contributed by atoms with Gasteiger partial charge in [0.05, 0.1) is 12.0 Å². The molecule has 1 aromatic carbocycles. The summed E-state index contributed by atoms with van der Waals surface area (Å²) in [5.41, 5.74) is 8.34. The summed E-state index contributed by atoms with van der Waals surface area (Å²) in [5.74, 6) is 6.55. The molecule has 0 radical (unpaired) electrons. The first-order valence-corrected chi connectivity index (χ1v) is 10.2. The quantitative estimate of drug-likeness (QED) is 0.523. The van der Waals surface area contributed by atoms with E-state index in [4.69, 9.17) is 15.4 Å². The molecule has 0 spiro atoms. The zero-order chi connectivity index (χ0) is 22.0. The normalized spacial score (nSPS) is 19.7. The third kappa shape index (κ3) is 4.38. The van der Waals surface area contributed by atoms with E-state index in [-0.39, 0.29) is 24.4 Å². The maximum absolute atomic E-state index is 10.9. The number of aliphatic hydroxyl groups excluding tert-OH is 1. The van der Waals surface area contributed by atoms with E-state index in [0.717, 1.165) is 11.1 Å². The molecule has 31 heavy (non-hydrogen) atoms. The minimum absolute atomic E-state index is 0.153. The highest BCUT2D eigenvalue weighted by atomic mass is 16.5. The summed E-state index contributed by atoms with van der Waals surface area (Å²) in [6, 6.07) is 9.16. The Kier molecular flexibility index (Phi) is 5.89. The number of carboxylic acids is 1. The predicted molar refractivity (Wildman–Crippen MR) is 113 cm³/mol. The van der Waals surface area contributed by atoms with Crippen LogP contribution in [0.3, 0.4) is 0 Å². The number of aliphatic carboxylic acids is 1. The van der Waals surface area contributed by atoms with Crippen molar-refractivity contribution in [2.24, 2.45) is 17.6 Å². The zero-order valence-electron chi connectivity index (χ0n) is 17.1. The van der Waals surface area contributed by atoms with Crippen LogP contribution in [-0.2, 0) is 4.79 Å². The third-order valence-electron chi connectivity index (χ3n) is 5.58. The largest absolute Gasteiger partial charge is 0.481 e. The van der Waals surface area contributed by atoms with Gasteiger partial charge in [-0.05, 0) is 44.0 Å². The molecule has 0 bridgehead atoms. The molecule has 2 atom stereocenters. The van der Waals surface area contributed by atoms with Crippen LogP contribution >= 0.6 is 0 Å². The smallest absolute Gasteiger partial charge is 0.306 e. The van der Waals surface area contributed by atoms with Crippen LogP contribution in [-0.4, -0.2) is 37.4 Å². The molecular weight excluding hydrogens is 396 g/mol. The van der Waals surface area contributed by atoms with Crippen molar-refractivity contribution < 1.29 is 19.5 Å². The van der Waals surface area contributed by atoms with Gasteiger partial charge in [-0.25, -0.2) is 4.98 Å². The fraction of sp³-hybridized carbons (Fsp3) is 0.348. The van der Waals surface area contributed by atoms with Crippen LogP contribution in [0, 0.1) is 23.7 Å². The Hall–Kier alpha value is -3.41. The van der Waals surface area contributed by atoms with Crippen LogP contribution in [0.2, 0.25) is 0 Å². The number of aliphatic hydroxyl groups is 1. The molecule has 160 valence electrons. The Balaban J connectivity index is 1.47. The summed E-state index contributed by atoms with van der Waals surface area (Å²) >= 11 is 0. The molecule has 2 aromatic heterocycles. The second kappa shape index (κ2) is 8.76. The lowest BCUT2D eigenvalue weighted by atomic mass is 9.75. The van der Waals surface area contributed by atoms with Crippen LogP contribution in [0.4, 0.5) is 0 Å². The summed E-state index contributed by atoms with van der Waals surface area (Å²) in [7, 11) is 0. The molecule has 8 nitrogen and oxygen atoms in total. The molecule has 0 aliphatic heterocycles. The minimum Gasteiger partial charge on any atom is -0.481 e. The number of nitrogens with zero attached hydrogens (tertiary/aromatic N) is 3. The van der Waals surface area contributed by atoms with Gasteiger partial charge in [0.15, 0.2) is 5.76 Å². The van der Waals surface area contributed by atoms with E-state index >= 15 is 0 Å². The molecule has 3 aromatic rings. The van der Waals surface area contributed by atoms with Crippen LogP contribution < -0.4 is 5.73 Å². The van der Waals surface area contributed by atoms with Crippen molar-refractivity contribution in [3.05, 3.63) is 59.8 Å². The van der Waals surface area contributed by atoms with Gasteiger partial charge >= 0.3 is 5.97 Å². The predicted octanol–water partition coefficient (Wildman–Crippen LogP) is 2.60. The maximum Gasteiger partial charge on any atom is 0.306 e. The monoisotopic (exact) mass is 420 g/mol. The molecule has 4 rings (SSSR count). The molecule has 2 unspecified atom stereocenters. The standard InChI is InChI=1S/C23H24N4O4/c1-14(28)22-25-8-9-27(22)20(13-24)19-12-21(31-26-19)17-6-4-15(5-7-17)2-3-16-10-18(11-16)23(29)30/h4-9,12,14,16,18,20,28H,10-11,13,24H2,1H3,(H,29,30). The van der Waals surface area contributed by atoms with Crippen LogP contribution in [0.15, 0.2) is 47.2 Å². The van der Waals surface area contributed by atoms with E-state index in [9.17, 15) is 9.90 Å². The average Bonchev–Trinajstić information content (AvgIpc) is 3.38. The fourth-order valence-corrected chi connectivity index (χ4v) is 3.71. The minimum atomic E-state index is -0.735. The van der Waals surface area contributed by atoms with Gasteiger partial charge in [0.25, 0.3) is 0 Å². The molecule has 8 heteroatoms. The van der Waals surface area contributed by atoms with Gasteiger partial charge < -0.3 is 25.0 Å². The molecular formula is C23H24N4O4. The number of imidazole rings is 1. The number of hydrogen-bond donors (Lipinski definition) is 3. The number of hydrogen-bond acceptors (Lipinski definition) is 6. The van der Waals surface area contributed by atoms with Crippen molar-refractivity contribution in [2.45, 2.75) is 31.9 Å². The third-order valence-corrected chi connectivity index (χ3v) is 5.58. The summed E-state index contributed by atoms with van der Waals surface area (Å²) in [4.78, 5) is 15.1. The van der Waals surface area contributed by atoms with Crippen molar-refractivity contribution >= 4 is 5.97 Å². The van der Waals surface area contributed by atoms with E-state index in [1.807, 2.05) is 30.3 Å². The first-order valence-electron chi connectivity index (χ1n) is 10.2. The lowest BCUT2D eigenvalue weighted by Crippen LogP contribution is -2.29. The number of nitrogens with two attached hydrogens (primary N) is 1. The molecule has 0 saturated heterocycles. The fourth-order valence-electron chi connectivity index (χ4n) is 3.71. The number of rotatable bonds is 6. The summed E-state index contributed by atoms with van der Waals surface area (Å²) in [6.45, 7) is 1.93. The van der Waals surface area contributed by atoms with E-state index < -0.39 is 12.1 Å².